The summed E-state index contributed by atoms with van der Waals surface area (Å²) in [6.07, 6.45) is 5.78. The summed E-state index contributed by atoms with van der Waals surface area (Å²) in [7, 11) is 1.89. The third kappa shape index (κ3) is 4.54. The van der Waals surface area contributed by atoms with Crippen LogP contribution in [0.1, 0.15) is 13.3 Å². The summed E-state index contributed by atoms with van der Waals surface area (Å²) in [6, 6.07) is 11.3. The average molecular weight is 345 g/mol. The van der Waals surface area contributed by atoms with E-state index in [2.05, 4.69) is 69.5 Å². The maximum atomic E-state index is 4.50. The van der Waals surface area contributed by atoms with Gasteiger partial charge in [-0.2, -0.15) is 0 Å². The normalized spacial score (nSPS) is 23.0. The fraction of sp³-hybridized carbons (Fsp3) is 0.526. The summed E-state index contributed by atoms with van der Waals surface area (Å²) in [6.45, 7) is 7.59. The lowest BCUT2D eigenvalue weighted by atomic mass is 10.2. The Hall–Kier alpha value is -1.46. The van der Waals surface area contributed by atoms with Crippen molar-refractivity contribution in [3.63, 3.8) is 0 Å². The van der Waals surface area contributed by atoms with Gasteiger partial charge in [0.15, 0.2) is 5.96 Å². The van der Waals surface area contributed by atoms with E-state index in [1.165, 1.54) is 11.3 Å². The Morgan fingerprint density at radius 2 is 2.04 bits per heavy atom. The van der Waals surface area contributed by atoms with Gasteiger partial charge in [-0.15, -0.1) is 11.8 Å². The van der Waals surface area contributed by atoms with E-state index in [1.54, 1.807) is 0 Å². The molecular weight excluding hydrogens is 316 g/mol. The van der Waals surface area contributed by atoms with E-state index < -0.39 is 0 Å². The number of nitrogens with zero attached hydrogens (tertiary/aromatic N) is 3. The number of hydrogen-bond donors (Lipinski definition) is 1. The van der Waals surface area contributed by atoms with E-state index in [0.29, 0.717) is 11.3 Å². The van der Waals surface area contributed by atoms with Gasteiger partial charge in [-0.05, 0) is 18.6 Å². The summed E-state index contributed by atoms with van der Waals surface area (Å²) in [5.74, 6) is 1.05. The predicted molar refractivity (Wildman–Crippen MR) is 104 cm³/mol. The summed E-state index contributed by atoms with van der Waals surface area (Å²) >= 11 is 1.91. The molecule has 4 nitrogen and oxygen atoms in total. The second kappa shape index (κ2) is 8.58. The molecule has 24 heavy (non-hydrogen) atoms. The number of thioether (sulfide) groups is 1. The summed E-state index contributed by atoms with van der Waals surface area (Å²) in [5, 5.41) is 4.07. The molecule has 2 aliphatic heterocycles. The highest BCUT2D eigenvalue weighted by Crippen LogP contribution is 2.22. The van der Waals surface area contributed by atoms with Gasteiger partial charge in [0.1, 0.15) is 0 Å². The molecule has 0 radical (unpaired) electrons. The molecule has 2 atom stereocenters. The molecule has 1 aromatic rings. The van der Waals surface area contributed by atoms with Crippen LogP contribution in [0.25, 0.3) is 0 Å². The van der Waals surface area contributed by atoms with Crippen molar-refractivity contribution in [2.24, 2.45) is 4.99 Å². The number of guanidine groups is 1. The zero-order valence-electron chi connectivity index (χ0n) is 14.7. The minimum absolute atomic E-state index is 0.505. The molecule has 0 spiro atoms. The number of rotatable bonds is 5. The van der Waals surface area contributed by atoms with Crippen LogP contribution in [0, 0.1) is 0 Å². The number of aliphatic imine (C=N–C) groups is 1. The molecule has 130 valence electrons. The standard InChI is InChI=1S/C19H28N4S/c1-16(24-18-8-4-3-5-9-18)14-21-19(20-2)23-13-10-17(15-23)22-11-6-7-12-22/h3-9,16-17H,10-15H2,1-2H3,(H,20,21). The number of nitrogens with one attached hydrogen (secondary N) is 1. The second-order valence-corrected chi connectivity index (χ2v) is 8.00. The molecule has 1 fully saturated rings. The molecule has 0 aliphatic carbocycles. The third-order valence-electron chi connectivity index (χ3n) is 4.67. The highest BCUT2D eigenvalue weighted by Gasteiger charge is 2.29. The topological polar surface area (TPSA) is 30.9 Å². The lowest BCUT2D eigenvalue weighted by Gasteiger charge is -2.26. The van der Waals surface area contributed by atoms with Crippen LogP contribution in [-0.4, -0.2) is 66.8 Å². The smallest absolute Gasteiger partial charge is 0.193 e. The molecule has 2 heterocycles. The van der Waals surface area contributed by atoms with Crippen LogP contribution in [0.4, 0.5) is 0 Å². The van der Waals surface area contributed by atoms with Crippen molar-refractivity contribution in [1.82, 2.24) is 15.1 Å². The first kappa shape index (κ1) is 17.4. The van der Waals surface area contributed by atoms with Crippen LogP contribution in [0.3, 0.4) is 0 Å². The second-order valence-electron chi connectivity index (χ2n) is 6.48. The lowest BCUT2D eigenvalue weighted by molar-refractivity contribution is 0.259. The van der Waals surface area contributed by atoms with Crippen LogP contribution >= 0.6 is 11.8 Å². The molecule has 2 unspecified atom stereocenters. The van der Waals surface area contributed by atoms with Crippen molar-refractivity contribution >= 4 is 17.7 Å². The summed E-state index contributed by atoms with van der Waals surface area (Å²) in [4.78, 5) is 10.8. The highest BCUT2D eigenvalue weighted by atomic mass is 32.2. The van der Waals surface area contributed by atoms with Gasteiger partial charge >= 0.3 is 0 Å². The average Bonchev–Trinajstić information content (AvgIpc) is 3.28. The minimum Gasteiger partial charge on any atom is -0.355 e. The Bertz CT molecular complexity index is 564. The van der Waals surface area contributed by atoms with Crippen molar-refractivity contribution < 1.29 is 0 Å². The maximum absolute atomic E-state index is 4.50. The van der Waals surface area contributed by atoms with Crippen molar-refractivity contribution in [3.8, 4) is 0 Å². The molecular formula is C19H28N4S. The fourth-order valence-corrected chi connectivity index (χ4v) is 4.31. The van der Waals surface area contributed by atoms with E-state index in [4.69, 9.17) is 0 Å². The quantitative estimate of drug-likeness (QED) is 0.385. The van der Waals surface area contributed by atoms with E-state index >= 15 is 0 Å². The van der Waals surface area contributed by atoms with E-state index in [-0.39, 0.29) is 0 Å². The summed E-state index contributed by atoms with van der Waals surface area (Å²) < 4.78 is 0. The van der Waals surface area contributed by atoms with Gasteiger partial charge in [0.25, 0.3) is 0 Å². The number of hydrogen-bond acceptors (Lipinski definition) is 3. The Morgan fingerprint density at radius 1 is 1.29 bits per heavy atom. The Kier molecular flexibility index (Phi) is 6.21. The Balaban J connectivity index is 1.45. The number of benzene rings is 1. The highest BCUT2D eigenvalue weighted by molar-refractivity contribution is 8.00. The molecule has 2 aliphatic rings. The minimum atomic E-state index is 0.505. The molecule has 1 saturated heterocycles. The van der Waals surface area contributed by atoms with Crippen LogP contribution in [0.15, 0.2) is 52.4 Å². The van der Waals surface area contributed by atoms with Gasteiger partial charge in [0.05, 0.1) is 0 Å². The zero-order valence-corrected chi connectivity index (χ0v) is 15.5. The fourth-order valence-electron chi connectivity index (χ4n) is 3.37. The van der Waals surface area contributed by atoms with Crippen LogP contribution in [-0.2, 0) is 0 Å². The monoisotopic (exact) mass is 344 g/mol. The van der Waals surface area contributed by atoms with Gasteiger partial charge in [-0.1, -0.05) is 37.3 Å². The van der Waals surface area contributed by atoms with Crippen LogP contribution in [0.2, 0.25) is 0 Å². The largest absolute Gasteiger partial charge is 0.355 e. The van der Waals surface area contributed by atoms with Crippen molar-refractivity contribution in [3.05, 3.63) is 42.5 Å². The Morgan fingerprint density at radius 3 is 2.75 bits per heavy atom. The molecule has 0 aromatic heterocycles. The van der Waals surface area contributed by atoms with E-state index in [9.17, 15) is 0 Å². The molecule has 0 saturated carbocycles. The van der Waals surface area contributed by atoms with Gasteiger partial charge in [-0.3, -0.25) is 9.89 Å². The van der Waals surface area contributed by atoms with Crippen molar-refractivity contribution in [1.29, 1.82) is 0 Å². The van der Waals surface area contributed by atoms with Crippen molar-refractivity contribution in [2.45, 2.75) is 29.5 Å². The summed E-state index contributed by atoms with van der Waals surface area (Å²) in [5.41, 5.74) is 0. The SMILES string of the molecule is CN=C(NCC(C)Sc1ccccc1)N1CCC(N2CC=CC2)C1. The molecule has 1 aromatic carbocycles. The molecule has 5 heteroatoms. The van der Waals surface area contributed by atoms with E-state index in [1.807, 2.05) is 18.8 Å². The number of likely N-dealkylation sites (tertiary alicyclic amines) is 1. The molecule has 0 bridgehead atoms. The van der Waals surface area contributed by atoms with Gasteiger partial charge < -0.3 is 10.2 Å². The third-order valence-corrected chi connectivity index (χ3v) is 5.78. The van der Waals surface area contributed by atoms with Gasteiger partial charge in [0, 0.05) is 56.0 Å². The molecule has 1 N–H and O–H groups in total. The van der Waals surface area contributed by atoms with Crippen LogP contribution < -0.4 is 5.32 Å². The van der Waals surface area contributed by atoms with E-state index in [0.717, 1.165) is 38.7 Å². The predicted octanol–water partition coefficient (Wildman–Crippen LogP) is 2.69. The van der Waals surface area contributed by atoms with Gasteiger partial charge in [0.2, 0.25) is 0 Å². The Labute approximate surface area is 150 Å². The van der Waals surface area contributed by atoms with Gasteiger partial charge in [-0.25, -0.2) is 0 Å². The first-order valence-electron chi connectivity index (χ1n) is 8.82. The first-order chi connectivity index (χ1) is 11.8. The molecule has 0 amide bonds. The maximum Gasteiger partial charge on any atom is 0.193 e. The first-order valence-corrected chi connectivity index (χ1v) is 9.70. The van der Waals surface area contributed by atoms with Crippen LogP contribution in [0.5, 0.6) is 0 Å². The zero-order chi connectivity index (χ0) is 16.8. The lowest BCUT2D eigenvalue weighted by Crippen LogP contribution is -2.44. The van der Waals surface area contributed by atoms with Crippen molar-refractivity contribution in [2.75, 3.05) is 39.8 Å². The molecule has 3 rings (SSSR count).